The average Bonchev–Trinajstić information content (AvgIpc) is 3.46. The van der Waals surface area contributed by atoms with Crippen LogP contribution in [0, 0.1) is 0 Å². The molecule has 218 valence electrons. The topological polar surface area (TPSA) is 114 Å². The molecule has 1 aliphatic heterocycles. The van der Waals surface area contributed by atoms with Crippen LogP contribution in [-0.4, -0.2) is 89.2 Å². The van der Waals surface area contributed by atoms with Gasteiger partial charge >= 0.3 is 12.3 Å². The summed E-state index contributed by atoms with van der Waals surface area (Å²) in [6.07, 6.45) is 0.986. The molecule has 0 saturated carbocycles. The molecule has 4 aromatic heterocycles. The Morgan fingerprint density at radius 1 is 1.07 bits per heavy atom. The van der Waals surface area contributed by atoms with Gasteiger partial charge in [-0.05, 0) is 45.9 Å². The van der Waals surface area contributed by atoms with Crippen LogP contribution in [0.1, 0.15) is 27.7 Å². The summed E-state index contributed by atoms with van der Waals surface area (Å²) in [5.74, 6) is 1.08. The van der Waals surface area contributed by atoms with Crippen LogP contribution in [0.3, 0.4) is 0 Å². The molecule has 0 aromatic carbocycles. The summed E-state index contributed by atoms with van der Waals surface area (Å²) in [4.78, 5) is 25.3. The number of amides is 1. The molecule has 5 rings (SSSR count). The Bertz CT molecular complexity index is 1560. The second kappa shape index (κ2) is 10.3. The molecule has 0 bridgehead atoms. The SMILES string of the molecule is CC(C)(C)OC(=O)N1CCN(c2cccc(-n3ncc4cnc(-c5cnn(CC(F)(F)F)c5)cc43)n2)C[C@@](C)(O)C1. The highest BCUT2D eigenvalue weighted by Gasteiger charge is 2.35. The van der Waals surface area contributed by atoms with Crippen molar-refractivity contribution in [3.63, 3.8) is 0 Å². The normalized spacial score (nSPS) is 18.5. The third kappa shape index (κ3) is 6.76. The van der Waals surface area contributed by atoms with E-state index in [9.17, 15) is 23.1 Å². The summed E-state index contributed by atoms with van der Waals surface area (Å²) >= 11 is 0. The van der Waals surface area contributed by atoms with Crippen molar-refractivity contribution >= 4 is 22.8 Å². The molecule has 1 amide bonds. The Hall–Kier alpha value is -4.20. The standard InChI is InChI=1S/C27H31F3N8O3/c1-25(2,3)41-24(39)36-9-8-35(15-26(4,40)16-36)22-6-5-7-23(34-22)38-21-10-20(31-11-18(21)12-33-38)19-13-32-37(14-19)17-27(28,29)30/h5-7,10-14,40H,8-9,15-17H2,1-4H3/t26-/m1/s1. The van der Waals surface area contributed by atoms with E-state index in [2.05, 4.69) is 15.2 Å². The Morgan fingerprint density at radius 2 is 1.83 bits per heavy atom. The third-order valence-corrected chi connectivity index (χ3v) is 6.34. The number of carbonyl (C=O) groups excluding carboxylic acids is 1. The number of carbonyl (C=O) groups is 1. The van der Waals surface area contributed by atoms with E-state index in [4.69, 9.17) is 9.72 Å². The number of aliphatic hydroxyl groups is 1. The molecule has 0 spiro atoms. The fourth-order valence-electron chi connectivity index (χ4n) is 4.68. The molecule has 1 saturated heterocycles. The molecule has 5 heterocycles. The minimum atomic E-state index is -4.38. The molecule has 1 atom stereocenters. The van der Waals surface area contributed by atoms with Gasteiger partial charge in [0.15, 0.2) is 5.82 Å². The maximum atomic E-state index is 12.8. The molecule has 1 aliphatic rings. The summed E-state index contributed by atoms with van der Waals surface area (Å²) in [7, 11) is 0. The van der Waals surface area contributed by atoms with Crippen LogP contribution in [0.15, 0.2) is 49.1 Å². The van der Waals surface area contributed by atoms with Crippen LogP contribution < -0.4 is 4.90 Å². The monoisotopic (exact) mass is 572 g/mol. The van der Waals surface area contributed by atoms with E-state index in [0.717, 1.165) is 4.68 Å². The molecule has 1 N–H and O–H groups in total. The summed E-state index contributed by atoms with van der Waals surface area (Å²) in [5, 5.41) is 20.1. The van der Waals surface area contributed by atoms with Gasteiger partial charge in [-0.2, -0.15) is 23.4 Å². The highest BCUT2D eigenvalue weighted by atomic mass is 19.4. The van der Waals surface area contributed by atoms with Gasteiger partial charge in [0, 0.05) is 43.0 Å². The maximum Gasteiger partial charge on any atom is 0.410 e. The van der Waals surface area contributed by atoms with Crippen LogP contribution >= 0.6 is 0 Å². The molecule has 0 radical (unpaired) electrons. The number of hydrogen-bond acceptors (Lipinski definition) is 8. The van der Waals surface area contributed by atoms with Crippen molar-refractivity contribution < 1.29 is 27.8 Å². The van der Waals surface area contributed by atoms with Crippen molar-refractivity contribution in [1.29, 1.82) is 0 Å². The number of β-amino-alcohol motifs (C(OH)–C–C–N with tert-alkyl or cyclic N) is 1. The van der Waals surface area contributed by atoms with Gasteiger partial charge in [0.05, 0.1) is 35.8 Å². The molecule has 41 heavy (non-hydrogen) atoms. The molecule has 11 nitrogen and oxygen atoms in total. The Kier molecular flexibility index (Phi) is 7.14. The van der Waals surface area contributed by atoms with E-state index in [1.165, 1.54) is 17.3 Å². The zero-order valence-corrected chi connectivity index (χ0v) is 23.1. The molecule has 4 aromatic rings. The number of anilines is 1. The summed E-state index contributed by atoms with van der Waals surface area (Å²) in [5.41, 5.74) is -0.347. The van der Waals surface area contributed by atoms with E-state index in [1.54, 1.807) is 56.9 Å². The molecule has 14 heteroatoms. The first-order chi connectivity index (χ1) is 19.2. The number of nitrogens with zero attached hydrogens (tertiary/aromatic N) is 8. The van der Waals surface area contributed by atoms with Crippen molar-refractivity contribution in [3.05, 3.63) is 49.1 Å². The van der Waals surface area contributed by atoms with Gasteiger partial charge in [-0.15, -0.1) is 0 Å². The van der Waals surface area contributed by atoms with Crippen LogP contribution in [0.4, 0.5) is 23.8 Å². The van der Waals surface area contributed by atoms with Crippen LogP contribution in [0.2, 0.25) is 0 Å². The first-order valence-corrected chi connectivity index (χ1v) is 13.0. The number of alkyl halides is 3. The van der Waals surface area contributed by atoms with E-state index in [0.29, 0.717) is 46.9 Å². The Labute approximate surface area is 234 Å². The minimum absolute atomic E-state index is 0.108. The summed E-state index contributed by atoms with van der Waals surface area (Å²) < 4.78 is 46.3. The first kappa shape index (κ1) is 28.3. The highest BCUT2D eigenvalue weighted by molar-refractivity contribution is 5.83. The Morgan fingerprint density at radius 3 is 2.56 bits per heavy atom. The van der Waals surface area contributed by atoms with Gasteiger partial charge in [-0.25, -0.2) is 14.5 Å². The third-order valence-electron chi connectivity index (χ3n) is 6.34. The van der Waals surface area contributed by atoms with Gasteiger partial charge in [0.25, 0.3) is 0 Å². The molecule has 0 aliphatic carbocycles. The van der Waals surface area contributed by atoms with Gasteiger partial charge < -0.3 is 19.6 Å². The fourth-order valence-corrected chi connectivity index (χ4v) is 4.68. The number of rotatable bonds is 4. The molecular formula is C27H31F3N8O3. The van der Waals surface area contributed by atoms with Crippen molar-refractivity contribution in [2.24, 2.45) is 0 Å². The predicted molar refractivity (Wildman–Crippen MR) is 145 cm³/mol. The van der Waals surface area contributed by atoms with Crippen molar-refractivity contribution in [1.82, 2.24) is 34.4 Å². The van der Waals surface area contributed by atoms with Crippen LogP contribution in [0.25, 0.3) is 28.0 Å². The predicted octanol–water partition coefficient (Wildman–Crippen LogP) is 4.05. The van der Waals surface area contributed by atoms with Crippen LogP contribution in [-0.2, 0) is 11.3 Å². The zero-order valence-electron chi connectivity index (χ0n) is 23.1. The van der Waals surface area contributed by atoms with Gasteiger partial charge in [0.1, 0.15) is 18.0 Å². The van der Waals surface area contributed by atoms with Crippen LogP contribution in [0.5, 0.6) is 0 Å². The first-order valence-electron chi connectivity index (χ1n) is 13.0. The average molecular weight is 573 g/mol. The quantitative estimate of drug-likeness (QED) is 0.390. The van der Waals surface area contributed by atoms with Gasteiger partial charge in [-0.1, -0.05) is 6.07 Å². The molecular weight excluding hydrogens is 541 g/mol. The highest BCUT2D eigenvalue weighted by Crippen LogP contribution is 2.26. The van der Waals surface area contributed by atoms with Gasteiger partial charge in [-0.3, -0.25) is 9.67 Å². The van der Waals surface area contributed by atoms with Crippen molar-refractivity contribution in [2.45, 2.75) is 51.6 Å². The zero-order chi connectivity index (χ0) is 29.6. The van der Waals surface area contributed by atoms with Crippen molar-refractivity contribution in [3.8, 4) is 17.1 Å². The van der Waals surface area contributed by atoms with E-state index in [-0.39, 0.29) is 13.1 Å². The second-order valence-corrected chi connectivity index (χ2v) is 11.4. The number of ether oxygens (including phenoxy) is 1. The minimum Gasteiger partial charge on any atom is -0.444 e. The smallest absolute Gasteiger partial charge is 0.410 e. The number of hydrogen-bond donors (Lipinski definition) is 1. The lowest BCUT2D eigenvalue weighted by atomic mass is 10.1. The number of aromatic nitrogens is 6. The largest absolute Gasteiger partial charge is 0.444 e. The number of halogens is 3. The van der Waals surface area contributed by atoms with E-state index < -0.39 is 30.0 Å². The lowest BCUT2D eigenvalue weighted by Crippen LogP contribution is -2.47. The number of fused-ring (bicyclic) bond motifs is 1. The maximum absolute atomic E-state index is 12.8. The number of pyridine rings is 2. The van der Waals surface area contributed by atoms with E-state index in [1.807, 2.05) is 17.0 Å². The Balaban J connectivity index is 1.41. The fraction of sp³-hybridized carbons (Fsp3) is 0.444. The summed E-state index contributed by atoms with van der Waals surface area (Å²) in [6, 6.07) is 7.14. The second-order valence-electron chi connectivity index (χ2n) is 11.4. The van der Waals surface area contributed by atoms with E-state index >= 15 is 0 Å². The molecule has 1 fully saturated rings. The summed E-state index contributed by atoms with van der Waals surface area (Å²) in [6.45, 7) is 6.95. The lowest BCUT2D eigenvalue weighted by molar-refractivity contribution is -0.142. The van der Waals surface area contributed by atoms with Crippen molar-refractivity contribution in [2.75, 3.05) is 31.1 Å². The van der Waals surface area contributed by atoms with Gasteiger partial charge in [0.2, 0.25) is 0 Å². The lowest BCUT2D eigenvalue weighted by Gasteiger charge is -2.31. The molecule has 0 unspecified atom stereocenters.